The largest absolute Gasteiger partial charge is 0.331 e. The summed E-state index contributed by atoms with van der Waals surface area (Å²) < 4.78 is 15.2. The zero-order valence-corrected chi connectivity index (χ0v) is 15.5. The second-order valence-electron chi connectivity index (χ2n) is 6.39. The van der Waals surface area contributed by atoms with Gasteiger partial charge in [-0.3, -0.25) is 14.3 Å². The number of carbonyl (C=O) groups excluding carboxylic acids is 2. The molecule has 142 valence electrons. The van der Waals surface area contributed by atoms with E-state index in [1.807, 2.05) is 18.2 Å². The first-order valence-corrected chi connectivity index (χ1v) is 9.07. The molecule has 6 nitrogen and oxygen atoms in total. The molecule has 1 aliphatic rings. The first-order chi connectivity index (χ1) is 13.5. The first-order valence-electron chi connectivity index (χ1n) is 8.69. The maximum Gasteiger partial charge on any atom is 0.276 e. The van der Waals surface area contributed by atoms with Crippen molar-refractivity contribution in [1.82, 2.24) is 14.7 Å². The number of carbonyl (C=O) groups is 2. The van der Waals surface area contributed by atoms with E-state index in [0.29, 0.717) is 30.4 Å². The normalized spacial score (nSPS) is 13.4. The van der Waals surface area contributed by atoms with Gasteiger partial charge in [0.25, 0.3) is 11.8 Å². The topological polar surface area (TPSA) is 67.2 Å². The molecule has 0 spiro atoms. The molecule has 0 saturated heterocycles. The summed E-state index contributed by atoms with van der Waals surface area (Å²) in [5.41, 5.74) is 1.29. The monoisotopic (exact) mass is 398 g/mol. The number of aromatic nitrogens is 2. The summed E-state index contributed by atoms with van der Waals surface area (Å²) in [6, 6.07) is 14.6. The van der Waals surface area contributed by atoms with E-state index in [9.17, 15) is 14.0 Å². The van der Waals surface area contributed by atoms with Crippen molar-refractivity contribution in [3.63, 3.8) is 0 Å². The van der Waals surface area contributed by atoms with Crippen LogP contribution in [0.15, 0.2) is 54.6 Å². The van der Waals surface area contributed by atoms with E-state index in [4.69, 9.17) is 11.6 Å². The van der Waals surface area contributed by atoms with Crippen molar-refractivity contribution in [2.24, 2.45) is 0 Å². The van der Waals surface area contributed by atoms with E-state index >= 15 is 0 Å². The lowest BCUT2D eigenvalue weighted by atomic mass is 10.2. The van der Waals surface area contributed by atoms with Crippen molar-refractivity contribution in [2.45, 2.75) is 13.1 Å². The number of hydrogen-bond donors (Lipinski definition) is 1. The number of nitrogens with zero attached hydrogens (tertiary/aromatic N) is 3. The number of para-hydroxylation sites is 1. The number of nitrogens with one attached hydrogen (secondary N) is 1. The van der Waals surface area contributed by atoms with Gasteiger partial charge >= 0.3 is 0 Å². The molecule has 0 bridgehead atoms. The van der Waals surface area contributed by atoms with Crippen molar-refractivity contribution in [3.8, 4) is 0 Å². The number of hydrogen-bond acceptors (Lipinski definition) is 3. The maximum atomic E-state index is 13.7. The average molecular weight is 399 g/mol. The average Bonchev–Trinajstić information content (AvgIpc) is 3.13. The molecule has 2 amide bonds. The molecular formula is C20H16ClFN4O2. The highest BCUT2D eigenvalue weighted by atomic mass is 35.5. The Hall–Kier alpha value is -3.19. The van der Waals surface area contributed by atoms with Gasteiger partial charge in [0, 0.05) is 24.2 Å². The van der Waals surface area contributed by atoms with Crippen LogP contribution in [0.1, 0.15) is 26.5 Å². The Morgan fingerprint density at radius 1 is 1.14 bits per heavy atom. The minimum atomic E-state index is -0.572. The SMILES string of the molecule is O=C(Nc1ccccc1F)c1cc2n(n1)CCN(Cc1ccccc1Cl)C2=O. The van der Waals surface area contributed by atoms with Crippen LogP contribution >= 0.6 is 11.6 Å². The number of fused-ring (bicyclic) bond motifs is 1. The molecule has 2 heterocycles. The van der Waals surface area contributed by atoms with Crippen LogP contribution in [-0.4, -0.2) is 33.0 Å². The number of rotatable bonds is 4. The highest BCUT2D eigenvalue weighted by molar-refractivity contribution is 6.31. The summed E-state index contributed by atoms with van der Waals surface area (Å²) in [5.74, 6) is -1.34. The van der Waals surface area contributed by atoms with Crippen LogP contribution in [-0.2, 0) is 13.1 Å². The van der Waals surface area contributed by atoms with E-state index in [-0.39, 0.29) is 17.3 Å². The van der Waals surface area contributed by atoms with Gasteiger partial charge in [-0.1, -0.05) is 41.9 Å². The van der Waals surface area contributed by atoms with Gasteiger partial charge in [-0.05, 0) is 23.8 Å². The Morgan fingerprint density at radius 3 is 2.68 bits per heavy atom. The molecule has 1 N–H and O–H groups in total. The van der Waals surface area contributed by atoms with Crippen molar-refractivity contribution in [2.75, 3.05) is 11.9 Å². The predicted molar refractivity (Wildman–Crippen MR) is 103 cm³/mol. The third kappa shape index (κ3) is 3.48. The van der Waals surface area contributed by atoms with E-state index < -0.39 is 11.7 Å². The molecule has 3 aromatic rings. The molecule has 1 aliphatic heterocycles. The van der Waals surface area contributed by atoms with Gasteiger partial charge in [-0.2, -0.15) is 5.10 Å². The van der Waals surface area contributed by atoms with Gasteiger partial charge in [0.1, 0.15) is 11.5 Å². The lowest BCUT2D eigenvalue weighted by Gasteiger charge is -2.27. The Bertz CT molecular complexity index is 1070. The molecule has 4 rings (SSSR count). The zero-order valence-electron chi connectivity index (χ0n) is 14.7. The molecule has 0 saturated carbocycles. The fraction of sp³-hybridized carbons (Fsp3) is 0.150. The quantitative estimate of drug-likeness (QED) is 0.730. The highest BCUT2D eigenvalue weighted by Crippen LogP contribution is 2.21. The molecule has 0 unspecified atom stereocenters. The van der Waals surface area contributed by atoms with E-state index in [0.717, 1.165) is 5.56 Å². The zero-order chi connectivity index (χ0) is 19.7. The van der Waals surface area contributed by atoms with E-state index in [2.05, 4.69) is 10.4 Å². The number of anilines is 1. The Balaban J connectivity index is 1.52. The standard InChI is InChI=1S/C20H16ClFN4O2/c21-14-6-2-1-5-13(14)12-25-9-10-26-18(20(25)28)11-17(24-26)19(27)23-16-8-4-3-7-15(16)22/h1-8,11H,9-10,12H2,(H,23,27). The minimum absolute atomic E-state index is 0.0603. The summed E-state index contributed by atoms with van der Waals surface area (Å²) >= 11 is 6.19. The van der Waals surface area contributed by atoms with Crippen LogP contribution in [0, 0.1) is 5.82 Å². The third-order valence-corrected chi connectivity index (χ3v) is 4.91. The van der Waals surface area contributed by atoms with E-state index in [1.165, 1.54) is 28.9 Å². The molecule has 2 aromatic carbocycles. The highest BCUT2D eigenvalue weighted by Gasteiger charge is 2.28. The summed E-state index contributed by atoms with van der Waals surface area (Å²) in [6.07, 6.45) is 0. The molecule has 0 aliphatic carbocycles. The number of benzene rings is 2. The van der Waals surface area contributed by atoms with Gasteiger partial charge in [0.15, 0.2) is 5.69 Å². The van der Waals surface area contributed by atoms with Gasteiger partial charge in [0.05, 0.1) is 12.2 Å². The molecule has 8 heteroatoms. The van der Waals surface area contributed by atoms with Crippen LogP contribution < -0.4 is 5.32 Å². The van der Waals surface area contributed by atoms with Crippen LogP contribution in [0.3, 0.4) is 0 Å². The molecule has 0 radical (unpaired) electrons. The Labute approximate surface area is 165 Å². The second kappa shape index (κ2) is 7.44. The van der Waals surface area contributed by atoms with Crippen molar-refractivity contribution in [3.05, 3.63) is 82.4 Å². The van der Waals surface area contributed by atoms with Gasteiger partial charge < -0.3 is 10.2 Å². The molecule has 1 aromatic heterocycles. The summed E-state index contributed by atoms with van der Waals surface area (Å²) in [6.45, 7) is 1.28. The summed E-state index contributed by atoms with van der Waals surface area (Å²) in [7, 11) is 0. The fourth-order valence-corrected chi connectivity index (χ4v) is 3.28. The third-order valence-electron chi connectivity index (χ3n) is 4.54. The van der Waals surface area contributed by atoms with Gasteiger partial charge in [0.2, 0.25) is 0 Å². The Morgan fingerprint density at radius 2 is 1.89 bits per heavy atom. The summed E-state index contributed by atoms with van der Waals surface area (Å²) in [5, 5.41) is 7.27. The molecule has 0 fully saturated rings. The second-order valence-corrected chi connectivity index (χ2v) is 6.80. The smallest absolute Gasteiger partial charge is 0.276 e. The van der Waals surface area contributed by atoms with Gasteiger partial charge in [-0.15, -0.1) is 0 Å². The molecular weight excluding hydrogens is 383 g/mol. The van der Waals surface area contributed by atoms with Crippen molar-refractivity contribution in [1.29, 1.82) is 0 Å². The lowest BCUT2D eigenvalue weighted by molar-refractivity contribution is 0.0683. The molecule has 28 heavy (non-hydrogen) atoms. The maximum absolute atomic E-state index is 13.7. The van der Waals surface area contributed by atoms with E-state index in [1.54, 1.807) is 17.0 Å². The van der Waals surface area contributed by atoms with Gasteiger partial charge in [-0.25, -0.2) is 4.39 Å². The summed E-state index contributed by atoms with van der Waals surface area (Å²) in [4.78, 5) is 26.9. The predicted octanol–water partition coefficient (Wildman–Crippen LogP) is 3.58. The van der Waals surface area contributed by atoms with Crippen molar-refractivity contribution < 1.29 is 14.0 Å². The van der Waals surface area contributed by atoms with Crippen LogP contribution in [0.2, 0.25) is 5.02 Å². The Kier molecular flexibility index (Phi) is 4.83. The van der Waals surface area contributed by atoms with Crippen LogP contribution in [0.25, 0.3) is 0 Å². The fourth-order valence-electron chi connectivity index (χ4n) is 3.08. The lowest BCUT2D eigenvalue weighted by Crippen LogP contribution is -2.39. The number of amides is 2. The van der Waals surface area contributed by atoms with Crippen LogP contribution in [0.4, 0.5) is 10.1 Å². The minimum Gasteiger partial charge on any atom is -0.331 e. The first kappa shape index (κ1) is 18.2. The van der Waals surface area contributed by atoms with Crippen LogP contribution in [0.5, 0.6) is 0 Å². The molecule has 0 atom stereocenters. The number of halogens is 2. The van der Waals surface area contributed by atoms with Crippen molar-refractivity contribution >= 4 is 29.1 Å².